The van der Waals surface area contributed by atoms with Gasteiger partial charge in [0, 0.05) is 23.2 Å². The Kier molecular flexibility index (Phi) is 10.1. The van der Waals surface area contributed by atoms with Gasteiger partial charge >= 0.3 is 6.09 Å². The number of alkyl carbamates (subject to hydrolysis) is 1. The fraction of sp³-hybridized carbons (Fsp3) is 0.387. The first-order valence-corrected chi connectivity index (χ1v) is 13.3. The summed E-state index contributed by atoms with van der Waals surface area (Å²) < 4.78 is 5.27. The van der Waals surface area contributed by atoms with Gasteiger partial charge in [-0.1, -0.05) is 36.4 Å². The van der Waals surface area contributed by atoms with Crippen molar-refractivity contribution in [1.82, 2.24) is 5.32 Å². The molecule has 0 bridgehead atoms. The van der Waals surface area contributed by atoms with E-state index in [-0.39, 0.29) is 18.0 Å². The van der Waals surface area contributed by atoms with Crippen molar-refractivity contribution in [2.75, 3.05) is 0 Å². The van der Waals surface area contributed by atoms with Gasteiger partial charge in [-0.25, -0.2) is 4.79 Å². The molecule has 0 spiro atoms. The van der Waals surface area contributed by atoms with Crippen LogP contribution in [-0.2, 0) is 4.74 Å². The molecule has 7 N–H and O–H groups in total. The third-order valence-electron chi connectivity index (χ3n) is 6.66. The summed E-state index contributed by atoms with van der Waals surface area (Å²) in [7, 11) is 0. The largest absolute Gasteiger partial charge is 0.444 e. The molecule has 0 aliphatic heterocycles. The lowest BCUT2D eigenvalue weighted by Gasteiger charge is -2.26. The van der Waals surface area contributed by atoms with Gasteiger partial charge in [-0.3, -0.25) is 9.59 Å². The van der Waals surface area contributed by atoms with Crippen LogP contribution < -0.4 is 22.5 Å². The van der Waals surface area contributed by atoms with Crippen molar-refractivity contribution < 1.29 is 19.1 Å². The molecule has 3 amide bonds. The molecule has 2 unspecified atom stereocenters. The summed E-state index contributed by atoms with van der Waals surface area (Å²) in [5, 5.41) is 2.90. The number of amides is 3. The van der Waals surface area contributed by atoms with Gasteiger partial charge in [0.25, 0.3) is 0 Å². The van der Waals surface area contributed by atoms with Crippen LogP contribution in [-0.4, -0.2) is 35.6 Å². The van der Waals surface area contributed by atoms with Gasteiger partial charge in [0.05, 0.1) is 0 Å². The van der Waals surface area contributed by atoms with E-state index in [0.29, 0.717) is 17.2 Å². The van der Waals surface area contributed by atoms with Crippen molar-refractivity contribution in [2.24, 2.45) is 17.2 Å². The first-order valence-electron chi connectivity index (χ1n) is 13.3. The van der Waals surface area contributed by atoms with Gasteiger partial charge in [-0.2, -0.15) is 0 Å². The molecule has 0 aromatic heterocycles. The zero-order chi connectivity index (χ0) is 28.6. The van der Waals surface area contributed by atoms with Crippen LogP contribution in [0.3, 0.4) is 0 Å². The van der Waals surface area contributed by atoms with Crippen molar-refractivity contribution in [3.63, 3.8) is 0 Å². The zero-order valence-corrected chi connectivity index (χ0v) is 23.0. The normalized spacial score (nSPS) is 19.0. The second-order valence-corrected chi connectivity index (χ2v) is 11.0. The van der Waals surface area contributed by atoms with Crippen molar-refractivity contribution in [2.45, 2.75) is 77.0 Å². The highest BCUT2D eigenvalue weighted by molar-refractivity contribution is 5.93. The van der Waals surface area contributed by atoms with Crippen molar-refractivity contribution >= 4 is 29.1 Å². The quantitative estimate of drug-likeness (QED) is 0.431. The molecule has 0 radical (unpaired) electrons. The van der Waals surface area contributed by atoms with Crippen LogP contribution in [0.5, 0.6) is 0 Å². The predicted molar refractivity (Wildman–Crippen MR) is 155 cm³/mol. The molecule has 8 nitrogen and oxygen atoms in total. The number of allylic oxidation sites excluding steroid dienone is 2. The van der Waals surface area contributed by atoms with Crippen molar-refractivity contribution in [3.05, 3.63) is 82.9 Å². The van der Waals surface area contributed by atoms with Crippen LogP contribution in [0.1, 0.15) is 91.1 Å². The van der Waals surface area contributed by atoms with Crippen molar-refractivity contribution in [1.29, 1.82) is 0 Å². The highest BCUT2D eigenvalue weighted by Gasteiger charge is 2.21. The Morgan fingerprint density at radius 2 is 1.23 bits per heavy atom. The fourth-order valence-corrected chi connectivity index (χ4v) is 4.52. The highest BCUT2D eigenvalue weighted by atomic mass is 16.6. The fourth-order valence-electron chi connectivity index (χ4n) is 4.52. The number of benzene rings is 2. The topological polar surface area (TPSA) is 151 Å². The average Bonchev–Trinajstić information content (AvgIpc) is 2.89. The Bertz CT molecular complexity index is 1220. The number of hydrogen-bond acceptors (Lipinski definition) is 5. The number of rotatable bonds is 5. The lowest BCUT2D eigenvalue weighted by molar-refractivity contribution is 0.0501. The Hall–Kier alpha value is -3.91. The molecule has 2 aromatic rings. The number of nitrogens with one attached hydrogen (secondary N) is 1. The number of hydrogen-bond donors (Lipinski definition) is 4. The molecule has 0 saturated heterocycles. The van der Waals surface area contributed by atoms with E-state index in [2.05, 4.69) is 17.5 Å². The molecule has 0 heterocycles. The second-order valence-electron chi connectivity index (χ2n) is 11.0. The summed E-state index contributed by atoms with van der Waals surface area (Å²) in [4.78, 5) is 33.8. The first kappa shape index (κ1) is 29.6. The molecule has 208 valence electrons. The van der Waals surface area contributed by atoms with Crippen LogP contribution in [0.25, 0.3) is 11.1 Å². The zero-order valence-electron chi connectivity index (χ0n) is 23.0. The number of carbonyl (C=O) groups excluding carboxylic acids is 3. The number of carbonyl (C=O) groups is 3. The molecule has 0 saturated carbocycles. The van der Waals surface area contributed by atoms with Crippen LogP contribution in [0.15, 0.2) is 60.7 Å². The summed E-state index contributed by atoms with van der Waals surface area (Å²) in [5.41, 5.74) is 21.6. The molecular weight excluding hydrogens is 492 g/mol. The molecule has 2 aliphatic carbocycles. The van der Waals surface area contributed by atoms with Crippen LogP contribution in [0, 0.1) is 0 Å². The Morgan fingerprint density at radius 3 is 1.59 bits per heavy atom. The Morgan fingerprint density at radius 1 is 0.769 bits per heavy atom. The third-order valence-corrected chi connectivity index (χ3v) is 6.66. The van der Waals surface area contributed by atoms with Gasteiger partial charge in [0.2, 0.25) is 11.8 Å². The standard InChI is InChI=1S/C18H24N2O3.C13H16N2O/c1-18(2,3)23-17(22)20-15-10-8-13(9-11-15)12-4-6-14(7-5-12)16(19)21;14-12-7-5-10(6-8-12)9-1-3-11(4-2-9)13(15)16/h4-8,15H,9-11H2,1-3H3,(H2,19,21)(H,20,22);1-5,12H,6-8,14H2,(H2,15,16). The van der Waals surface area contributed by atoms with Gasteiger partial charge in [-0.05, 0) is 106 Å². The molecule has 8 heteroatoms. The molecule has 2 atom stereocenters. The van der Waals surface area contributed by atoms with Crippen LogP contribution >= 0.6 is 0 Å². The summed E-state index contributed by atoms with van der Waals surface area (Å²) in [6.45, 7) is 5.55. The van der Waals surface area contributed by atoms with Gasteiger partial charge in [0.1, 0.15) is 5.60 Å². The first-order chi connectivity index (χ1) is 18.4. The third kappa shape index (κ3) is 9.41. The Balaban J connectivity index is 0.000000230. The summed E-state index contributed by atoms with van der Waals surface area (Å²) in [6.07, 6.45) is 9.43. The van der Waals surface area contributed by atoms with Gasteiger partial charge in [0.15, 0.2) is 0 Å². The van der Waals surface area contributed by atoms with E-state index in [1.54, 1.807) is 24.3 Å². The van der Waals surface area contributed by atoms with E-state index in [9.17, 15) is 14.4 Å². The van der Waals surface area contributed by atoms with E-state index < -0.39 is 11.5 Å². The van der Waals surface area contributed by atoms with E-state index in [4.69, 9.17) is 21.9 Å². The maximum atomic E-state index is 11.8. The summed E-state index contributed by atoms with van der Waals surface area (Å²) in [6, 6.07) is 15.1. The smallest absolute Gasteiger partial charge is 0.407 e. The highest BCUT2D eigenvalue weighted by Crippen LogP contribution is 2.28. The van der Waals surface area contributed by atoms with E-state index in [1.807, 2.05) is 45.0 Å². The van der Waals surface area contributed by atoms with Crippen LogP contribution in [0.2, 0.25) is 0 Å². The van der Waals surface area contributed by atoms with Gasteiger partial charge < -0.3 is 27.3 Å². The van der Waals surface area contributed by atoms with Crippen LogP contribution in [0.4, 0.5) is 4.79 Å². The summed E-state index contributed by atoms with van der Waals surface area (Å²) >= 11 is 0. The minimum atomic E-state index is -0.484. The van der Waals surface area contributed by atoms with E-state index in [0.717, 1.165) is 49.7 Å². The van der Waals surface area contributed by atoms with Gasteiger partial charge in [-0.15, -0.1) is 0 Å². The number of ether oxygens (including phenoxy) is 1. The lowest BCUT2D eigenvalue weighted by atomic mass is 9.90. The average molecular weight is 533 g/mol. The molecule has 2 aliphatic rings. The number of primary amides is 2. The maximum absolute atomic E-state index is 11.8. The Labute approximate surface area is 230 Å². The second kappa shape index (κ2) is 13.2. The monoisotopic (exact) mass is 532 g/mol. The van der Waals surface area contributed by atoms with E-state index in [1.165, 1.54) is 11.1 Å². The number of nitrogens with two attached hydrogens (primary N) is 3. The van der Waals surface area contributed by atoms with Crippen molar-refractivity contribution in [3.8, 4) is 0 Å². The predicted octanol–water partition coefficient (Wildman–Crippen LogP) is 4.93. The summed E-state index contributed by atoms with van der Waals surface area (Å²) in [5.74, 6) is -0.804. The maximum Gasteiger partial charge on any atom is 0.407 e. The lowest BCUT2D eigenvalue weighted by Crippen LogP contribution is -2.39. The minimum Gasteiger partial charge on any atom is -0.444 e. The minimum absolute atomic E-state index is 0.0958. The molecular formula is C31H40N4O4. The van der Waals surface area contributed by atoms with E-state index >= 15 is 0 Å². The SMILES string of the molecule is CC(C)(C)OC(=O)NC1CC=C(c2ccc(C(N)=O)cc2)CC1.NC(=O)c1ccc(C2=CCC(N)CC2)cc1. The molecule has 39 heavy (non-hydrogen) atoms. The molecule has 0 fully saturated rings. The molecule has 4 rings (SSSR count). The molecule has 2 aromatic carbocycles.